The quantitative estimate of drug-likeness (QED) is 0.790. The summed E-state index contributed by atoms with van der Waals surface area (Å²) >= 11 is 5.85. The second kappa shape index (κ2) is 8.03. The molecule has 2 fully saturated rings. The molecule has 0 aromatic heterocycles. The number of rotatable bonds is 4. The van der Waals surface area contributed by atoms with E-state index in [1.807, 2.05) is 0 Å². The molecule has 0 saturated carbocycles. The molecule has 2 saturated heterocycles. The van der Waals surface area contributed by atoms with Crippen LogP contribution in [0.3, 0.4) is 0 Å². The third-order valence-corrected chi connectivity index (χ3v) is 6.78. The average molecular weight is 387 g/mol. The second-order valence-electron chi connectivity index (χ2n) is 6.52. The minimum atomic E-state index is -3.45. The Morgan fingerprint density at radius 2 is 1.84 bits per heavy atom. The van der Waals surface area contributed by atoms with Gasteiger partial charge in [-0.2, -0.15) is 0 Å². The lowest BCUT2D eigenvalue weighted by atomic mass is 9.98. The Balaban J connectivity index is 1.65. The number of piperidine rings is 1. The van der Waals surface area contributed by atoms with Crippen LogP contribution >= 0.6 is 11.6 Å². The lowest BCUT2D eigenvalue weighted by Crippen LogP contribution is -2.49. The van der Waals surface area contributed by atoms with Crippen molar-refractivity contribution >= 4 is 27.5 Å². The van der Waals surface area contributed by atoms with Gasteiger partial charge in [0.15, 0.2) is 0 Å². The first-order valence-corrected chi connectivity index (χ1v) is 10.5. The summed E-state index contributed by atoms with van der Waals surface area (Å²) in [5.41, 5.74) is 0.700. The maximum Gasteiger partial charge on any atom is 0.227 e. The third kappa shape index (κ3) is 4.73. The molecule has 25 heavy (non-hydrogen) atoms. The summed E-state index contributed by atoms with van der Waals surface area (Å²) in [6, 6.07) is 6.82. The first kappa shape index (κ1) is 18.6. The fourth-order valence-corrected chi connectivity index (χ4v) is 5.06. The van der Waals surface area contributed by atoms with Crippen molar-refractivity contribution in [1.82, 2.24) is 9.21 Å². The van der Waals surface area contributed by atoms with Crippen molar-refractivity contribution in [3.63, 3.8) is 0 Å². The molecule has 0 bridgehead atoms. The molecule has 0 unspecified atom stereocenters. The summed E-state index contributed by atoms with van der Waals surface area (Å²) in [7, 11) is -3.45. The Morgan fingerprint density at radius 3 is 2.52 bits per heavy atom. The van der Waals surface area contributed by atoms with Gasteiger partial charge in [0.2, 0.25) is 15.9 Å². The van der Waals surface area contributed by atoms with Gasteiger partial charge in [0, 0.05) is 31.2 Å². The van der Waals surface area contributed by atoms with Gasteiger partial charge in [0.1, 0.15) is 0 Å². The van der Waals surface area contributed by atoms with E-state index in [9.17, 15) is 13.2 Å². The van der Waals surface area contributed by atoms with E-state index in [4.69, 9.17) is 16.3 Å². The molecule has 2 aliphatic heterocycles. The topological polar surface area (TPSA) is 66.9 Å². The highest BCUT2D eigenvalue weighted by Crippen LogP contribution is 2.24. The van der Waals surface area contributed by atoms with Crippen LogP contribution in [-0.4, -0.2) is 62.9 Å². The van der Waals surface area contributed by atoms with Crippen molar-refractivity contribution in [2.24, 2.45) is 5.92 Å². The fraction of sp³-hybridized carbons (Fsp3) is 0.588. The first-order chi connectivity index (χ1) is 12.0. The Morgan fingerprint density at radius 1 is 1.16 bits per heavy atom. The summed E-state index contributed by atoms with van der Waals surface area (Å²) in [5.74, 6) is -0.274. The average Bonchev–Trinajstić information content (AvgIpc) is 2.64. The van der Waals surface area contributed by atoms with Gasteiger partial charge in [-0.1, -0.05) is 23.7 Å². The van der Waals surface area contributed by atoms with Crippen LogP contribution in [0.4, 0.5) is 0 Å². The predicted octanol–water partition coefficient (Wildman–Crippen LogP) is 1.74. The Kier molecular flexibility index (Phi) is 5.99. The van der Waals surface area contributed by atoms with Crippen molar-refractivity contribution in [2.45, 2.75) is 18.6 Å². The van der Waals surface area contributed by atoms with Crippen LogP contribution in [0.5, 0.6) is 0 Å². The number of hydrogen-bond donors (Lipinski definition) is 0. The molecule has 1 amide bonds. The lowest BCUT2D eigenvalue weighted by Gasteiger charge is -2.35. The van der Waals surface area contributed by atoms with E-state index in [1.165, 1.54) is 4.31 Å². The van der Waals surface area contributed by atoms with Gasteiger partial charge >= 0.3 is 0 Å². The zero-order chi connectivity index (χ0) is 17.9. The summed E-state index contributed by atoms with van der Waals surface area (Å²) in [4.78, 5) is 14.5. The van der Waals surface area contributed by atoms with Crippen LogP contribution in [0.1, 0.15) is 18.4 Å². The molecule has 138 valence electrons. The molecule has 1 aromatic rings. The number of halogens is 1. The molecule has 3 rings (SSSR count). The lowest BCUT2D eigenvalue weighted by molar-refractivity contribution is -0.140. The second-order valence-corrected chi connectivity index (χ2v) is 8.92. The predicted molar refractivity (Wildman–Crippen MR) is 95.8 cm³/mol. The SMILES string of the molecule is O=C([C@H]1CCCN(S(=O)(=O)Cc2ccc(Cl)cc2)C1)N1CCOCC1. The maximum atomic E-state index is 12.7. The van der Waals surface area contributed by atoms with E-state index in [-0.39, 0.29) is 24.1 Å². The smallest absolute Gasteiger partial charge is 0.227 e. The van der Waals surface area contributed by atoms with E-state index < -0.39 is 10.0 Å². The van der Waals surface area contributed by atoms with E-state index in [0.29, 0.717) is 49.9 Å². The van der Waals surface area contributed by atoms with Crippen LogP contribution in [0, 0.1) is 5.92 Å². The number of amides is 1. The zero-order valence-corrected chi connectivity index (χ0v) is 15.6. The monoisotopic (exact) mass is 386 g/mol. The van der Waals surface area contributed by atoms with Crippen molar-refractivity contribution in [2.75, 3.05) is 39.4 Å². The molecule has 2 heterocycles. The van der Waals surface area contributed by atoms with E-state index in [1.54, 1.807) is 29.2 Å². The highest BCUT2D eigenvalue weighted by Gasteiger charge is 2.34. The zero-order valence-electron chi connectivity index (χ0n) is 14.1. The third-order valence-electron chi connectivity index (χ3n) is 4.71. The van der Waals surface area contributed by atoms with Crippen LogP contribution in [0.25, 0.3) is 0 Å². The molecule has 0 aliphatic carbocycles. The van der Waals surface area contributed by atoms with Gasteiger partial charge in [-0.3, -0.25) is 4.79 Å². The van der Waals surface area contributed by atoms with E-state index >= 15 is 0 Å². The first-order valence-electron chi connectivity index (χ1n) is 8.54. The molecule has 0 N–H and O–H groups in total. The number of sulfonamides is 1. The molecular formula is C17H23ClN2O4S. The summed E-state index contributed by atoms with van der Waals surface area (Å²) in [6.45, 7) is 3.03. The number of morpholine rings is 1. The van der Waals surface area contributed by atoms with Crippen LogP contribution in [0.2, 0.25) is 5.02 Å². The normalized spacial score (nSPS) is 22.8. The minimum absolute atomic E-state index is 0.0506. The summed E-state index contributed by atoms with van der Waals surface area (Å²) < 4.78 is 32.2. The van der Waals surface area contributed by atoms with Gasteiger partial charge in [0.05, 0.1) is 24.9 Å². The largest absolute Gasteiger partial charge is 0.378 e. The molecule has 8 heteroatoms. The van der Waals surface area contributed by atoms with Gasteiger partial charge in [-0.05, 0) is 30.5 Å². The van der Waals surface area contributed by atoms with Gasteiger partial charge in [-0.25, -0.2) is 12.7 Å². The van der Waals surface area contributed by atoms with E-state index in [0.717, 1.165) is 6.42 Å². The number of ether oxygens (including phenoxy) is 1. The van der Waals surface area contributed by atoms with Crippen molar-refractivity contribution < 1.29 is 17.9 Å². The number of hydrogen-bond acceptors (Lipinski definition) is 4. The van der Waals surface area contributed by atoms with Crippen LogP contribution in [0.15, 0.2) is 24.3 Å². The number of nitrogens with zero attached hydrogens (tertiary/aromatic N) is 2. The summed E-state index contributed by atoms with van der Waals surface area (Å²) in [6.07, 6.45) is 1.45. The Hall–Kier alpha value is -1.15. The van der Waals surface area contributed by atoms with Crippen molar-refractivity contribution in [1.29, 1.82) is 0 Å². The fourth-order valence-electron chi connectivity index (χ4n) is 3.32. The molecule has 1 atom stereocenters. The van der Waals surface area contributed by atoms with Gasteiger partial charge in [-0.15, -0.1) is 0 Å². The van der Waals surface area contributed by atoms with Crippen LogP contribution in [-0.2, 0) is 25.3 Å². The molecule has 1 aromatic carbocycles. The molecule has 0 spiro atoms. The summed E-state index contributed by atoms with van der Waals surface area (Å²) in [5, 5.41) is 0.579. The number of carbonyl (C=O) groups is 1. The number of benzene rings is 1. The molecule has 6 nitrogen and oxygen atoms in total. The Labute approximate surface area is 153 Å². The van der Waals surface area contributed by atoms with Gasteiger partial charge < -0.3 is 9.64 Å². The molecule has 2 aliphatic rings. The molecular weight excluding hydrogens is 364 g/mol. The highest BCUT2D eigenvalue weighted by molar-refractivity contribution is 7.88. The Bertz CT molecular complexity index is 702. The molecule has 0 radical (unpaired) electrons. The van der Waals surface area contributed by atoms with Crippen molar-refractivity contribution in [3.8, 4) is 0 Å². The van der Waals surface area contributed by atoms with Gasteiger partial charge in [0.25, 0.3) is 0 Å². The van der Waals surface area contributed by atoms with Crippen LogP contribution < -0.4 is 0 Å². The van der Waals surface area contributed by atoms with E-state index in [2.05, 4.69) is 0 Å². The number of carbonyl (C=O) groups excluding carboxylic acids is 1. The maximum absolute atomic E-state index is 12.7. The highest BCUT2D eigenvalue weighted by atomic mass is 35.5. The minimum Gasteiger partial charge on any atom is -0.378 e. The van der Waals surface area contributed by atoms with Crippen molar-refractivity contribution in [3.05, 3.63) is 34.9 Å². The standard InChI is InChI=1S/C17H23ClN2O4S/c18-16-5-3-14(4-6-16)13-25(22,23)20-7-1-2-15(12-20)17(21)19-8-10-24-11-9-19/h3-6,15H,1-2,7-13H2/t15-/m0/s1.